The van der Waals surface area contributed by atoms with Gasteiger partial charge in [0.05, 0.1) is 6.33 Å². The molecule has 1 N–H and O–H groups in total. The highest BCUT2D eigenvalue weighted by atomic mass is 15.1. The summed E-state index contributed by atoms with van der Waals surface area (Å²) in [5.74, 6) is 1.73. The van der Waals surface area contributed by atoms with Gasteiger partial charge in [0.25, 0.3) is 0 Å². The number of rotatable bonds is 4. The maximum absolute atomic E-state index is 4.72. The Kier molecular flexibility index (Phi) is 2.89. The van der Waals surface area contributed by atoms with Crippen LogP contribution >= 0.6 is 0 Å². The number of nitrogens with zero attached hydrogens (tertiary/aromatic N) is 4. The molecule has 3 rings (SSSR count). The largest absolute Gasteiger partial charge is 0.337 e. The summed E-state index contributed by atoms with van der Waals surface area (Å²) in [6.07, 6.45) is 5.38. The minimum atomic E-state index is 0.627. The van der Waals surface area contributed by atoms with E-state index in [9.17, 15) is 0 Å². The van der Waals surface area contributed by atoms with E-state index in [1.165, 1.54) is 12.8 Å². The smallest absolute Gasteiger partial charge is 0.176 e. The van der Waals surface area contributed by atoms with Crippen molar-refractivity contribution in [3.05, 3.63) is 17.6 Å². The predicted molar refractivity (Wildman–Crippen MR) is 70.2 cm³/mol. The third-order valence-corrected chi connectivity index (χ3v) is 3.31. The van der Waals surface area contributed by atoms with Crippen LogP contribution in [0.15, 0.2) is 11.3 Å². The first-order valence-electron chi connectivity index (χ1n) is 6.79. The van der Waals surface area contributed by atoms with Crippen molar-refractivity contribution in [2.45, 2.75) is 45.6 Å². The Labute approximate surface area is 106 Å². The highest BCUT2D eigenvalue weighted by Gasteiger charge is 2.27. The van der Waals surface area contributed by atoms with Gasteiger partial charge in [-0.05, 0) is 26.2 Å². The van der Waals surface area contributed by atoms with Crippen molar-refractivity contribution in [2.75, 3.05) is 6.54 Å². The van der Waals surface area contributed by atoms with E-state index in [-0.39, 0.29) is 0 Å². The topological polar surface area (TPSA) is 58.9 Å². The molecule has 96 valence electrons. The Morgan fingerprint density at radius 3 is 2.94 bits per heavy atom. The van der Waals surface area contributed by atoms with Crippen LogP contribution in [0.1, 0.15) is 44.9 Å². The van der Waals surface area contributed by atoms with Crippen LogP contribution in [0.5, 0.6) is 0 Å². The van der Waals surface area contributed by atoms with Crippen molar-refractivity contribution in [3.63, 3.8) is 0 Å². The Morgan fingerprint density at radius 1 is 1.44 bits per heavy atom. The van der Waals surface area contributed by atoms with Crippen molar-refractivity contribution in [1.29, 1.82) is 0 Å². The van der Waals surface area contributed by atoms with E-state index in [0.717, 1.165) is 42.0 Å². The molecule has 1 aliphatic carbocycles. The minimum absolute atomic E-state index is 0.627. The van der Waals surface area contributed by atoms with Crippen molar-refractivity contribution < 1.29 is 0 Å². The molecule has 0 spiro atoms. The number of nitrogens with one attached hydrogen (secondary N) is 1. The average Bonchev–Trinajstić information content (AvgIpc) is 3.15. The summed E-state index contributed by atoms with van der Waals surface area (Å²) in [7, 11) is 0. The summed E-state index contributed by atoms with van der Waals surface area (Å²) in [5, 5.41) is 0. The molecule has 1 fully saturated rings. The summed E-state index contributed by atoms with van der Waals surface area (Å²) in [5.41, 5.74) is 2.79. The van der Waals surface area contributed by atoms with Crippen molar-refractivity contribution in [1.82, 2.24) is 19.5 Å². The third-order valence-electron chi connectivity index (χ3n) is 3.31. The highest BCUT2D eigenvalue weighted by Crippen LogP contribution is 2.38. The van der Waals surface area contributed by atoms with Gasteiger partial charge in [-0.2, -0.15) is 0 Å². The first-order valence-corrected chi connectivity index (χ1v) is 6.79. The third kappa shape index (κ3) is 1.94. The van der Waals surface area contributed by atoms with Crippen molar-refractivity contribution in [2.24, 2.45) is 4.99 Å². The van der Waals surface area contributed by atoms with Gasteiger partial charge >= 0.3 is 0 Å². The number of hydrogen-bond donors (Lipinski definition) is 1. The molecule has 1 saturated carbocycles. The standard InChI is InChI=1S/C13H19N5/c1-3-7-14-12-10-13(18(4-2)8-15-12)17-11(16-10)9-5-6-9/h8-9H,3-7H2,1-2H3,(H,16,17). The minimum Gasteiger partial charge on any atom is -0.337 e. The number of fused-ring (bicyclic) bond motifs is 1. The highest BCUT2D eigenvalue weighted by molar-refractivity contribution is 5.69. The maximum Gasteiger partial charge on any atom is 0.176 e. The normalized spacial score (nSPS) is 16.7. The molecule has 5 nitrogen and oxygen atoms in total. The molecule has 0 radical (unpaired) electrons. The second-order valence-electron chi connectivity index (χ2n) is 4.83. The van der Waals surface area contributed by atoms with E-state index in [1.807, 2.05) is 6.33 Å². The van der Waals surface area contributed by atoms with E-state index in [1.54, 1.807) is 0 Å². The van der Waals surface area contributed by atoms with Crippen LogP contribution in [0, 0.1) is 0 Å². The lowest BCUT2D eigenvalue weighted by atomic mass is 10.4. The van der Waals surface area contributed by atoms with Crippen LogP contribution in [-0.2, 0) is 6.54 Å². The lowest BCUT2D eigenvalue weighted by Crippen LogP contribution is -2.14. The number of aromatic nitrogens is 4. The number of hydrogen-bond acceptors (Lipinski definition) is 3. The monoisotopic (exact) mass is 245 g/mol. The van der Waals surface area contributed by atoms with E-state index < -0.39 is 0 Å². The average molecular weight is 245 g/mol. The van der Waals surface area contributed by atoms with Crippen LogP contribution in [0.3, 0.4) is 0 Å². The zero-order valence-electron chi connectivity index (χ0n) is 11.0. The zero-order valence-corrected chi connectivity index (χ0v) is 11.0. The molecule has 0 unspecified atom stereocenters. The summed E-state index contributed by atoms with van der Waals surface area (Å²) < 4.78 is 2.07. The van der Waals surface area contributed by atoms with E-state index >= 15 is 0 Å². The molecule has 5 heteroatoms. The summed E-state index contributed by atoms with van der Waals surface area (Å²) in [6, 6.07) is 0. The van der Waals surface area contributed by atoms with Gasteiger partial charge in [0.1, 0.15) is 11.3 Å². The summed E-state index contributed by atoms with van der Waals surface area (Å²) in [4.78, 5) is 17.1. The van der Waals surface area contributed by atoms with Gasteiger partial charge in [-0.3, -0.25) is 4.99 Å². The molecule has 0 aromatic carbocycles. The van der Waals surface area contributed by atoms with Crippen LogP contribution in [0.2, 0.25) is 0 Å². The van der Waals surface area contributed by atoms with Gasteiger partial charge < -0.3 is 9.55 Å². The first-order chi connectivity index (χ1) is 8.83. The quantitative estimate of drug-likeness (QED) is 0.895. The molecule has 0 atom stereocenters. The lowest BCUT2D eigenvalue weighted by molar-refractivity contribution is 0.749. The van der Waals surface area contributed by atoms with Crippen LogP contribution < -0.4 is 5.49 Å². The van der Waals surface area contributed by atoms with Crippen LogP contribution in [0.25, 0.3) is 11.2 Å². The summed E-state index contributed by atoms with van der Waals surface area (Å²) >= 11 is 0. The number of aromatic amines is 1. The zero-order chi connectivity index (χ0) is 12.5. The van der Waals surface area contributed by atoms with Crippen molar-refractivity contribution in [3.8, 4) is 0 Å². The van der Waals surface area contributed by atoms with Gasteiger partial charge in [-0.1, -0.05) is 6.92 Å². The summed E-state index contributed by atoms with van der Waals surface area (Å²) in [6.45, 7) is 5.93. The van der Waals surface area contributed by atoms with Gasteiger partial charge in [0, 0.05) is 19.0 Å². The predicted octanol–water partition coefficient (Wildman–Crippen LogP) is 1.97. The van der Waals surface area contributed by atoms with Gasteiger partial charge in [0.2, 0.25) is 0 Å². The molecule has 0 saturated heterocycles. The molecule has 18 heavy (non-hydrogen) atoms. The Hall–Kier alpha value is -1.65. The second-order valence-corrected chi connectivity index (χ2v) is 4.83. The van der Waals surface area contributed by atoms with Crippen LogP contribution in [-0.4, -0.2) is 26.1 Å². The molecular weight excluding hydrogens is 226 g/mol. The molecular formula is C13H19N5. The Bertz CT molecular complexity index is 618. The molecule has 2 aromatic rings. The molecule has 0 bridgehead atoms. The lowest BCUT2D eigenvalue weighted by Gasteiger charge is -2.02. The number of imidazole rings is 1. The molecule has 2 aromatic heterocycles. The number of H-pyrrole nitrogens is 1. The van der Waals surface area contributed by atoms with E-state index in [4.69, 9.17) is 4.98 Å². The fourth-order valence-corrected chi connectivity index (χ4v) is 2.11. The fraction of sp³-hybridized carbons (Fsp3) is 0.615. The second kappa shape index (κ2) is 4.55. The van der Waals surface area contributed by atoms with Gasteiger partial charge in [-0.15, -0.1) is 0 Å². The molecule has 0 amide bonds. The fourth-order valence-electron chi connectivity index (χ4n) is 2.11. The van der Waals surface area contributed by atoms with Gasteiger partial charge in [0.15, 0.2) is 11.1 Å². The van der Waals surface area contributed by atoms with E-state index in [0.29, 0.717) is 5.92 Å². The van der Waals surface area contributed by atoms with Crippen LogP contribution in [0.4, 0.5) is 0 Å². The van der Waals surface area contributed by atoms with E-state index in [2.05, 4.69) is 33.4 Å². The molecule has 2 heterocycles. The first kappa shape index (κ1) is 11.4. The maximum atomic E-state index is 4.72. The molecule has 0 aliphatic heterocycles. The van der Waals surface area contributed by atoms with Crippen molar-refractivity contribution >= 4 is 11.2 Å². The molecule has 1 aliphatic rings. The number of aryl methyl sites for hydroxylation is 1. The SMILES string of the molecule is CCCN=c1ncn(CC)c2nc(C3CC3)[nH]c12. The Balaban J connectivity index is 2.19. The van der Waals surface area contributed by atoms with Gasteiger partial charge in [-0.25, -0.2) is 9.97 Å². The Morgan fingerprint density at radius 2 is 2.28 bits per heavy atom.